The van der Waals surface area contributed by atoms with Crippen LogP contribution in [0.4, 0.5) is 10.5 Å². The number of urea groups is 1. The van der Waals surface area contributed by atoms with E-state index in [4.69, 9.17) is 11.2 Å². The molecule has 0 unspecified atom stereocenters. The van der Waals surface area contributed by atoms with Crippen LogP contribution in [0.3, 0.4) is 0 Å². The molecule has 2 amide bonds. The monoisotopic (exact) mass is 271 g/mol. The molecule has 0 saturated carbocycles. The van der Waals surface area contributed by atoms with E-state index in [9.17, 15) is 4.79 Å². The second kappa shape index (κ2) is 6.33. The molecule has 1 aromatic carbocycles. The molecule has 20 heavy (non-hydrogen) atoms. The molecule has 1 aliphatic heterocycles. The lowest BCUT2D eigenvalue weighted by Crippen LogP contribution is -2.40. The van der Waals surface area contributed by atoms with Crippen LogP contribution >= 0.6 is 0 Å². The lowest BCUT2D eigenvalue weighted by molar-refractivity contribution is 0.186. The molecule has 2 rings (SSSR count). The van der Waals surface area contributed by atoms with E-state index in [0.717, 1.165) is 25.9 Å². The number of carbonyl (C=O) groups excluding carboxylic acids is 1. The Morgan fingerprint density at radius 3 is 2.70 bits per heavy atom. The molecule has 1 saturated heterocycles. The molecule has 1 heterocycles. The first kappa shape index (κ1) is 14.3. The summed E-state index contributed by atoms with van der Waals surface area (Å²) in [5.41, 5.74) is 1.20. The van der Waals surface area contributed by atoms with E-state index in [-0.39, 0.29) is 6.03 Å². The third-order valence-corrected chi connectivity index (χ3v) is 3.61. The van der Waals surface area contributed by atoms with Crippen LogP contribution in [-0.2, 0) is 0 Å². The van der Waals surface area contributed by atoms with Gasteiger partial charge in [0.05, 0.1) is 7.11 Å². The summed E-state index contributed by atoms with van der Waals surface area (Å²) < 4.78 is 5.15. The summed E-state index contributed by atoms with van der Waals surface area (Å²) in [6.07, 6.45) is 9.28. The lowest BCUT2D eigenvalue weighted by atomic mass is 10.00. The zero-order valence-corrected chi connectivity index (χ0v) is 11.9. The van der Waals surface area contributed by atoms with Crippen molar-refractivity contribution >= 4 is 11.7 Å². The summed E-state index contributed by atoms with van der Waals surface area (Å²) in [5, 5.41) is 2.86. The molecule has 0 atom stereocenters. The summed E-state index contributed by atoms with van der Waals surface area (Å²) in [6, 6.07) is 5.05. The van der Waals surface area contributed by atoms with Gasteiger partial charge in [-0.1, -0.05) is 12.8 Å². The second-order valence-corrected chi connectivity index (χ2v) is 5.17. The Hall–Kier alpha value is -2.15. The molecule has 0 bridgehead atoms. The Morgan fingerprint density at radius 2 is 2.10 bits per heavy atom. The molecule has 4 nitrogen and oxygen atoms in total. The van der Waals surface area contributed by atoms with Gasteiger partial charge in [0.15, 0.2) is 0 Å². The van der Waals surface area contributed by atoms with Crippen LogP contribution in [0, 0.1) is 18.3 Å². The maximum Gasteiger partial charge on any atom is 0.321 e. The zero-order valence-electron chi connectivity index (χ0n) is 11.9. The van der Waals surface area contributed by atoms with Crippen molar-refractivity contribution in [3.63, 3.8) is 0 Å². The molecule has 105 valence electrons. The number of ether oxygens (including phenoxy) is 1. The van der Waals surface area contributed by atoms with E-state index in [1.807, 2.05) is 4.90 Å². The summed E-state index contributed by atoms with van der Waals surface area (Å²) >= 11 is 0. The van der Waals surface area contributed by atoms with Crippen molar-refractivity contribution < 1.29 is 9.53 Å². The first-order chi connectivity index (χ1) is 9.62. The number of hydrogen-bond acceptors (Lipinski definition) is 2. The van der Waals surface area contributed by atoms with E-state index in [0.29, 0.717) is 22.9 Å². The molecule has 1 aliphatic rings. The molecule has 1 N–H and O–H groups in total. The molecular weight excluding hydrogens is 252 g/mol. The largest absolute Gasteiger partial charge is 0.497 e. The number of methoxy groups -OCH3 is 1. The number of nitrogens with zero attached hydrogens (tertiary/aromatic N) is 1. The van der Waals surface area contributed by atoms with Gasteiger partial charge < -0.3 is 15.0 Å². The minimum atomic E-state index is -0.0962. The maximum atomic E-state index is 12.2. The standard InChI is InChI=1S/C16H19N2O2/c1-4-13-9-14(11-15(10-13)20-3)17-16(19)18-7-5-12(2)6-8-18/h9-12H,5-8H2,2-3H3,(H,17,19). The molecule has 1 aromatic rings. The smallest absolute Gasteiger partial charge is 0.321 e. The van der Waals surface area contributed by atoms with Gasteiger partial charge in [0, 0.05) is 30.4 Å². The molecule has 0 aliphatic carbocycles. The third-order valence-electron chi connectivity index (χ3n) is 3.61. The molecule has 0 aromatic heterocycles. The van der Waals surface area contributed by atoms with Gasteiger partial charge in [0.25, 0.3) is 0 Å². The van der Waals surface area contributed by atoms with Crippen LogP contribution in [0.5, 0.6) is 5.75 Å². The highest BCUT2D eigenvalue weighted by Crippen LogP contribution is 2.22. The van der Waals surface area contributed by atoms with Crippen molar-refractivity contribution in [2.24, 2.45) is 5.92 Å². The molecule has 4 heteroatoms. The van der Waals surface area contributed by atoms with Gasteiger partial charge in [-0.25, -0.2) is 4.79 Å². The average Bonchev–Trinajstić information content (AvgIpc) is 2.47. The predicted octanol–water partition coefficient (Wildman–Crippen LogP) is 2.90. The fraction of sp³-hybridized carbons (Fsp3) is 0.438. The van der Waals surface area contributed by atoms with Crippen molar-refractivity contribution in [1.82, 2.24) is 4.90 Å². The van der Waals surface area contributed by atoms with E-state index < -0.39 is 0 Å². The van der Waals surface area contributed by atoms with Gasteiger partial charge >= 0.3 is 6.03 Å². The lowest BCUT2D eigenvalue weighted by Gasteiger charge is -2.30. The SMILES string of the molecule is [C]#Cc1cc(NC(=O)N2CCC(C)CC2)cc(OC)c1. The fourth-order valence-electron chi connectivity index (χ4n) is 2.28. The van der Waals surface area contributed by atoms with Gasteiger partial charge in [-0.2, -0.15) is 0 Å². The number of hydrogen-bond donors (Lipinski definition) is 1. The van der Waals surface area contributed by atoms with Crippen LogP contribution < -0.4 is 10.1 Å². The summed E-state index contributed by atoms with van der Waals surface area (Å²) in [5.74, 6) is 3.60. The molecule has 0 spiro atoms. The van der Waals surface area contributed by atoms with Crippen LogP contribution in [0.1, 0.15) is 25.3 Å². The van der Waals surface area contributed by atoms with Gasteiger partial charge in [-0.05, 0) is 37.3 Å². The Labute approximate surface area is 120 Å². The number of amides is 2. The predicted molar refractivity (Wildman–Crippen MR) is 78.2 cm³/mol. The fourth-order valence-corrected chi connectivity index (χ4v) is 2.28. The summed E-state index contributed by atoms with van der Waals surface area (Å²) in [7, 11) is 1.56. The number of carbonyl (C=O) groups is 1. The van der Waals surface area contributed by atoms with Crippen molar-refractivity contribution in [2.45, 2.75) is 19.8 Å². The number of likely N-dealkylation sites (tertiary alicyclic amines) is 1. The Morgan fingerprint density at radius 1 is 1.40 bits per heavy atom. The Kier molecular flexibility index (Phi) is 4.52. The molecule has 1 fully saturated rings. The first-order valence-corrected chi connectivity index (χ1v) is 6.80. The van der Waals surface area contributed by atoms with E-state index in [1.54, 1.807) is 25.3 Å². The van der Waals surface area contributed by atoms with Gasteiger partial charge in [-0.3, -0.25) is 0 Å². The van der Waals surface area contributed by atoms with Crippen molar-refractivity contribution in [3.8, 4) is 11.7 Å². The van der Waals surface area contributed by atoms with Crippen molar-refractivity contribution in [1.29, 1.82) is 0 Å². The Balaban J connectivity index is 2.06. The number of anilines is 1. The molecule has 1 radical (unpaired) electrons. The summed E-state index contributed by atoms with van der Waals surface area (Å²) in [4.78, 5) is 14.0. The zero-order chi connectivity index (χ0) is 14.5. The quantitative estimate of drug-likeness (QED) is 0.840. The average molecular weight is 271 g/mol. The number of benzene rings is 1. The first-order valence-electron chi connectivity index (χ1n) is 6.80. The second-order valence-electron chi connectivity index (χ2n) is 5.17. The normalized spacial score (nSPS) is 15.6. The van der Waals surface area contributed by atoms with Crippen molar-refractivity contribution in [2.75, 3.05) is 25.5 Å². The number of rotatable bonds is 2. The topological polar surface area (TPSA) is 41.6 Å². The Bertz CT molecular complexity index is 526. The molecular formula is C16H19N2O2. The third kappa shape index (κ3) is 3.45. The van der Waals surface area contributed by atoms with Crippen LogP contribution in [0.25, 0.3) is 0 Å². The minimum absolute atomic E-state index is 0.0962. The van der Waals surface area contributed by atoms with Crippen LogP contribution in [0.2, 0.25) is 0 Å². The highest BCUT2D eigenvalue weighted by molar-refractivity contribution is 5.89. The number of nitrogens with one attached hydrogen (secondary N) is 1. The highest BCUT2D eigenvalue weighted by atomic mass is 16.5. The number of piperidine rings is 1. The minimum Gasteiger partial charge on any atom is -0.497 e. The van der Waals surface area contributed by atoms with Gasteiger partial charge in [0.2, 0.25) is 0 Å². The van der Waals surface area contributed by atoms with E-state index in [1.165, 1.54) is 0 Å². The van der Waals surface area contributed by atoms with Crippen LogP contribution in [-0.4, -0.2) is 31.1 Å². The van der Waals surface area contributed by atoms with Gasteiger partial charge in [0.1, 0.15) is 5.75 Å². The maximum absolute atomic E-state index is 12.2. The van der Waals surface area contributed by atoms with Crippen LogP contribution in [0.15, 0.2) is 18.2 Å². The van der Waals surface area contributed by atoms with Crippen molar-refractivity contribution in [3.05, 3.63) is 30.2 Å². The summed E-state index contributed by atoms with van der Waals surface area (Å²) in [6.45, 7) is 3.80. The van der Waals surface area contributed by atoms with E-state index >= 15 is 0 Å². The van der Waals surface area contributed by atoms with Gasteiger partial charge in [-0.15, -0.1) is 0 Å². The highest BCUT2D eigenvalue weighted by Gasteiger charge is 2.20. The van der Waals surface area contributed by atoms with E-state index in [2.05, 4.69) is 18.2 Å².